The molecule has 104 valence electrons. The van der Waals surface area contributed by atoms with Gasteiger partial charge in [-0.25, -0.2) is 8.42 Å². The minimum atomic E-state index is -3.35. The lowest BCUT2D eigenvalue weighted by Crippen LogP contribution is -2.08. The third-order valence-corrected chi connectivity index (χ3v) is 4.80. The van der Waals surface area contributed by atoms with Gasteiger partial charge in [0.25, 0.3) is 0 Å². The molecule has 1 aromatic rings. The van der Waals surface area contributed by atoms with Crippen molar-refractivity contribution in [1.82, 2.24) is 0 Å². The SMILES string of the molecule is CC(CCOCCc1cccs1)CCS(=O)(=O)Cl. The summed E-state index contributed by atoms with van der Waals surface area (Å²) in [7, 11) is 1.81. The Hall–Kier alpha value is -0.100. The molecule has 1 rings (SSSR count). The maximum Gasteiger partial charge on any atom is 0.232 e. The first-order valence-electron chi connectivity index (χ1n) is 6.00. The topological polar surface area (TPSA) is 43.4 Å². The predicted octanol–water partition coefficient (Wildman–Crippen LogP) is 3.29. The van der Waals surface area contributed by atoms with Crippen LogP contribution in [0.15, 0.2) is 17.5 Å². The molecule has 0 amide bonds. The van der Waals surface area contributed by atoms with Crippen LogP contribution < -0.4 is 0 Å². The zero-order valence-electron chi connectivity index (χ0n) is 10.5. The molecule has 1 unspecified atom stereocenters. The van der Waals surface area contributed by atoms with E-state index >= 15 is 0 Å². The van der Waals surface area contributed by atoms with Gasteiger partial charge < -0.3 is 4.74 Å². The van der Waals surface area contributed by atoms with Gasteiger partial charge in [-0.3, -0.25) is 0 Å². The van der Waals surface area contributed by atoms with Crippen LogP contribution in [0.3, 0.4) is 0 Å². The van der Waals surface area contributed by atoms with Crippen molar-refractivity contribution >= 4 is 31.1 Å². The molecule has 0 radical (unpaired) electrons. The Kier molecular flexibility index (Phi) is 7.22. The largest absolute Gasteiger partial charge is 0.381 e. The molecule has 18 heavy (non-hydrogen) atoms. The summed E-state index contributed by atoms with van der Waals surface area (Å²) in [6.07, 6.45) is 2.42. The normalized spacial score (nSPS) is 13.7. The van der Waals surface area contributed by atoms with E-state index in [1.54, 1.807) is 11.3 Å². The minimum Gasteiger partial charge on any atom is -0.381 e. The highest BCUT2D eigenvalue weighted by molar-refractivity contribution is 8.13. The Morgan fingerprint density at radius 1 is 1.39 bits per heavy atom. The molecule has 0 aliphatic carbocycles. The summed E-state index contributed by atoms with van der Waals surface area (Å²) in [5, 5.41) is 2.06. The van der Waals surface area contributed by atoms with E-state index < -0.39 is 9.05 Å². The molecule has 0 spiro atoms. The molecule has 6 heteroatoms. The molecule has 0 aliphatic heterocycles. The van der Waals surface area contributed by atoms with E-state index in [2.05, 4.69) is 11.4 Å². The van der Waals surface area contributed by atoms with E-state index in [0.717, 1.165) is 19.4 Å². The zero-order valence-corrected chi connectivity index (χ0v) is 12.9. The first-order valence-corrected chi connectivity index (χ1v) is 9.35. The van der Waals surface area contributed by atoms with Crippen molar-refractivity contribution in [3.05, 3.63) is 22.4 Å². The summed E-state index contributed by atoms with van der Waals surface area (Å²) < 4.78 is 27.1. The van der Waals surface area contributed by atoms with Crippen LogP contribution in [0.4, 0.5) is 0 Å². The average Bonchev–Trinajstić information content (AvgIpc) is 2.78. The molecule has 1 heterocycles. The number of hydrogen-bond donors (Lipinski definition) is 0. The lowest BCUT2D eigenvalue weighted by molar-refractivity contribution is 0.124. The Morgan fingerprint density at radius 2 is 2.17 bits per heavy atom. The van der Waals surface area contributed by atoms with Gasteiger partial charge >= 0.3 is 0 Å². The molecule has 0 saturated heterocycles. The van der Waals surface area contributed by atoms with Crippen LogP contribution in [0.1, 0.15) is 24.6 Å². The summed E-state index contributed by atoms with van der Waals surface area (Å²) in [6.45, 7) is 3.42. The smallest absolute Gasteiger partial charge is 0.232 e. The molecular weight excluding hydrogens is 292 g/mol. The highest BCUT2D eigenvalue weighted by Gasteiger charge is 2.09. The van der Waals surface area contributed by atoms with Gasteiger partial charge in [-0.05, 0) is 30.2 Å². The number of rotatable bonds is 9. The van der Waals surface area contributed by atoms with Crippen molar-refractivity contribution in [2.75, 3.05) is 19.0 Å². The molecule has 1 atom stereocenters. The van der Waals surface area contributed by atoms with Crippen molar-refractivity contribution in [1.29, 1.82) is 0 Å². The Bertz CT molecular complexity index is 415. The molecule has 0 fully saturated rings. The predicted molar refractivity (Wildman–Crippen MR) is 76.9 cm³/mol. The fraction of sp³-hybridized carbons (Fsp3) is 0.667. The molecule has 1 aromatic heterocycles. The third kappa shape index (κ3) is 8.08. The van der Waals surface area contributed by atoms with E-state index in [9.17, 15) is 8.42 Å². The summed E-state index contributed by atoms with van der Waals surface area (Å²) >= 11 is 1.74. The Morgan fingerprint density at radius 3 is 2.78 bits per heavy atom. The first kappa shape index (κ1) is 16.0. The van der Waals surface area contributed by atoms with Crippen LogP contribution in [0.5, 0.6) is 0 Å². The zero-order chi connectivity index (χ0) is 13.4. The van der Waals surface area contributed by atoms with Crippen LogP contribution in [0.25, 0.3) is 0 Å². The summed E-state index contributed by atoms with van der Waals surface area (Å²) in [6, 6.07) is 4.14. The number of hydrogen-bond acceptors (Lipinski definition) is 4. The molecule has 3 nitrogen and oxygen atoms in total. The Labute approximate surface area is 118 Å². The van der Waals surface area contributed by atoms with E-state index in [0.29, 0.717) is 18.9 Å². The van der Waals surface area contributed by atoms with Gasteiger partial charge in [0.15, 0.2) is 0 Å². The van der Waals surface area contributed by atoms with E-state index in [1.807, 2.05) is 13.0 Å². The monoisotopic (exact) mass is 310 g/mol. The highest BCUT2D eigenvalue weighted by Crippen LogP contribution is 2.12. The maximum absolute atomic E-state index is 10.8. The second-order valence-corrected chi connectivity index (χ2v) is 8.30. The molecule has 0 aromatic carbocycles. The van der Waals surface area contributed by atoms with Gasteiger partial charge in [0, 0.05) is 28.6 Å². The van der Waals surface area contributed by atoms with Gasteiger partial charge in [0.05, 0.1) is 12.4 Å². The van der Waals surface area contributed by atoms with Gasteiger partial charge in [-0.15, -0.1) is 11.3 Å². The Balaban J connectivity index is 2.00. The van der Waals surface area contributed by atoms with Crippen LogP contribution in [-0.4, -0.2) is 27.4 Å². The summed E-state index contributed by atoms with van der Waals surface area (Å²) in [5.41, 5.74) is 0. The first-order chi connectivity index (χ1) is 8.47. The fourth-order valence-corrected chi connectivity index (χ4v) is 3.14. The molecule has 0 saturated carbocycles. The van der Waals surface area contributed by atoms with Crippen molar-refractivity contribution in [2.24, 2.45) is 5.92 Å². The number of halogens is 1. The highest BCUT2D eigenvalue weighted by atomic mass is 35.7. The van der Waals surface area contributed by atoms with Gasteiger partial charge in [-0.1, -0.05) is 13.0 Å². The molecule has 0 N–H and O–H groups in total. The van der Waals surface area contributed by atoms with Gasteiger partial charge in [0.2, 0.25) is 9.05 Å². The van der Waals surface area contributed by atoms with Gasteiger partial charge in [0.1, 0.15) is 0 Å². The van der Waals surface area contributed by atoms with E-state index in [1.165, 1.54) is 4.88 Å². The molecule has 0 bridgehead atoms. The third-order valence-electron chi connectivity index (χ3n) is 2.68. The minimum absolute atomic E-state index is 0.0465. The fourth-order valence-electron chi connectivity index (χ4n) is 1.50. The van der Waals surface area contributed by atoms with Gasteiger partial charge in [-0.2, -0.15) is 0 Å². The maximum atomic E-state index is 10.8. The molecular formula is C12H19ClO3S2. The van der Waals surface area contributed by atoms with Crippen LogP contribution in [0.2, 0.25) is 0 Å². The number of ether oxygens (including phenoxy) is 1. The lowest BCUT2D eigenvalue weighted by atomic mass is 10.1. The second kappa shape index (κ2) is 8.15. The van der Waals surface area contributed by atoms with Crippen LogP contribution >= 0.6 is 22.0 Å². The summed E-state index contributed by atoms with van der Waals surface area (Å²) in [5.74, 6) is 0.366. The van der Waals surface area contributed by atoms with E-state index in [-0.39, 0.29) is 5.75 Å². The van der Waals surface area contributed by atoms with Crippen molar-refractivity contribution in [2.45, 2.75) is 26.2 Å². The lowest BCUT2D eigenvalue weighted by Gasteiger charge is -2.10. The van der Waals surface area contributed by atoms with Crippen molar-refractivity contribution in [3.63, 3.8) is 0 Å². The average molecular weight is 311 g/mol. The second-order valence-electron chi connectivity index (χ2n) is 4.37. The quantitative estimate of drug-likeness (QED) is 0.519. The number of thiophene rings is 1. The molecule has 0 aliphatic rings. The van der Waals surface area contributed by atoms with Crippen molar-refractivity contribution in [3.8, 4) is 0 Å². The van der Waals surface area contributed by atoms with Crippen molar-refractivity contribution < 1.29 is 13.2 Å². The summed E-state index contributed by atoms with van der Waals surface area (Å²) in [4.78, 5) is 1.33. The standard InChI is InChI=1S/C12H19ClO3S2/c1-11(6-10-18(13,14)15)4-7-16-8-5-12-3-2-9-17-12/h2-3,9,11H,4-8,10H2,1H3. The van der Waals surface area contributed by atoms with Crippen LogP contribution in [0, 0.1) is 5.92 Å². The van der Waals surface area contributed by atoms with Crippen LogP contribution in [-0.2, 0) is 20.2 Å². The van der Waals surface area contributed by atoms with E-state index in [4.69, 9.17) is 15.4 Å².